The van der Waals surface area contributed by atoms with Gasteiger partial charge >= 0.3 is 0 Å². The van der Waals surface area contributed by atoms with Gasteiger partial charge in [0.15, 0.2) is 5.76 Å². The molecule has 0 saturated heterocycles. The second kappa shape index (κ2) is 8.35. The smallest absolute Gasteiger partial charge is 0.232 e. The van der Waals surface area contributed by atoms with Crippen LogP contribution in [0, 0.1) is 6.92 Å². The minimum absolute atomic E-state index is 0.148. The lowest BCUT2D eigenvalue weighted by molar-refractivity contribution is 0.101. The normalized spacial score (nSPS) is 14.7. The van der Waals surface area contributed by atoms with E-state index in [1.54, 1.807) is 24.5 Å². The Labute approximate surface area is 160 Å². The van der Waals surface area contributed by atoms with Crippen LogP contribution in [0.4, 0.5) is 0 Å². The van der Waals surface area contributed by atoms with Crippen LogP contribution in [0.25, 0.3) is 6.08 Å². The van der Waals surface area contributed by atoms with Gasteiger partial charge in [-0.15, -0.1) is 0 Å². The van der Waals surface area contributed by atoms with Crippen molar-refractivity contribution in [2.45, 2.75) is 40.2 Å². The quantitative estimate of drug-likeness (QED) is 0.739. The van der Waals surface area contributed by atoms with Crippen molar-refractivity contribution >= 4 is 11.9 Å². The van der Waals surface area contributed by atoms with Crippen molar-refractivity contribution < 1.29 is 14.6 Å². The number of aromatic hydroxyl groups is 1. The highest BCUT2D eigenvalue weighted by Crippen LogP contribution is 2.42. The van der Waals surface area contributed by atoms with Gasteiger partial charge in [0, 0.05) is 18.9 Å². The monoisotopic (exact) mass is 366 g/mol. The molecule has 2 aromatic rings. The lowest BCUT2D eigenvalue weighted by Gasteiger charge is -2.22. The predicted octanol–water partition coefficient (Wildman–Crippen LogP) is 4.33. The average molecular weight is 366 g/mol. The maximum absolute atomic E-state index is 12.9. The summed E-state index contributed by atoms with van der Waals surface area (Å²) in [7, 11) is 0. The third kappa shape index (κ3) is 4.03. The summed E-state index contributed by atoms with van der Waals surface area (Å²) in [4.78, 5) is 19.3. The zero-order valence-electron chi connectivity index (χ0n) is 16.2. The third-order valence-corrected chi connectivity index (χ3v) is 4.66. The molecular weight excluding hydrogens is 340 g/mol. The Balaban J connectivity index is 1.99. The predicted molar refractivity (Wildman–Crippen MR) is 106 cm³/mol. The van der Waals surface area contributed by atoms with Crippen LogP contribution >= 0.6 is 0 Å². The molecule has 27 heavy (non-hydrogen) atoms. The molecular formula is C22H26N2O3. The first-order chi connectivity index (χ1) is 13.0. The Kier molecular flexibility index (Phi) is 5.91. The molecule has 0 unspecified atom stereocenters. The number of carbonyl (C=O) groups excluding carboxylic acids is 1. The van der Waals surface area contributed by atoms with Crippen LogP contribution in [0.5, 0.6) is 11.5 Å². The number of aryl methyl sites for hydroxylation is 1. The Hall–Kier alpha value is -2.66. The second-order valence-corrected chi connectivity index (χ2v) is 6.90. The number of ether oxygens (including phenoxy) is 1. The maximum Gasteiger partial charge on any atom is 0.232 e. The summed E-state index contributed by atoms with van der Waals surface area (Å²) in [6.07, 6.45) is 7.12. The van der Waals surface area contributed by atoms with E-state index in [-0.39, 0.29) is 17.3 Å². The van der Waals surface area contributed by atoms with Gasteiger partial charge in [0.05, 0.1) is 11.1 Å². The molecule has 0 aliphatic carbocycles. The Morgan fingerprint density at radius 2 is 2.00 bits per heavy atom. The number of rotatable bonds is 7. The fraction of sp³-hybridized carbons (Fsp3) is 0.364. The summed E-state index contributed by atoms with van der Waals surface area (Å²) in [6.45, 7) is 8.52. The van der Waals surface area contributed by atoms with Gasteiger partial charge in [0.1, 0.15) is 11.5 Å². The van der Waals surface area contributed by atoms with Crippen LogP contribution in [0.3, 0.4) is 0 Å². The van der Waals surface area contributed by atoms with Gasteiger partial charge in [-0.3, -0.25) is 14.7 Å². The van der Waals surface area contributed by atoms with Gasteiger partial charge in [0.2, 0.25) is 5.78 Å². The zero-order valence-corrected chi connectivity index (χ0v) is 16.2. The number of phenols is 1. The molecule has 142 valence electrons. The minimum atomic E-state index is -0.148. The molecule has 0 bridgehead atoms. The molecule has 1 aliphatic rings. The molecule has 3 rings (SSSR count). The van der Waals surface area contributed by atoms with E-state index in [1.165, 1.54) is 0 Å². The summed E-state index contributed by atoms with van der Waals surface area (Å²) in [6, 6.07) is 5.35. The summed E-state index contributed by atoms with van der Waals surface area (Å²) < 4.78 is 5.97. The van der Waals surface area contributed by atoms with Gasteiger partial charge in [-0.2, -0.15) is 0 Å². The summed E-state index contributed by atoms with van der Waals surface area (Å²) >= 11 is 0. The third-order valence-electron chi connectivity index (χ3n) is 4.66. The van der Waals surface area contributed by atoms with E-state index in [0.717, 1.165) is 37.1 Å². The van der Waals surface area contributed by atoms with Crippen molar-refractivity contribution in [2.75, 3.05) is 13.1 Å². The largest absolute Gasteiger partial charge is 0.507 e. The van der Waals surface area contributed by atoms with E-state index >= 15 is 0 Å². The Morgan fingerprint density at radius 3 is 2.63 bits per heavy atom. The molecule has 0 atom stereocenters. The maximum atomic E-state index is 12.9. The number of fused-ring (bicyclic) bond motifs is 1. The standard InChI is InChI=1S/C22H26N2O3/c1-4-9-24(10-5-2)14-17-18(25)11-15(3)20-21(26)19(27-22(17)20)12-16-7-6-8-23-13-16/h6-8,11-13,25H,4-5,9-10,14H2,1-3H3/b19-12+. The van der Waals surface area contributed by atoms with Crippen LogP contribution in [-0.2, 0) is 6.54 Å². The van der Waals surface area contributed by atoms with E-state index in [4.69, 9.17) is 4.74 Å². The summed E-state index contributed by atoms with van der Waals surface area (Å²) in [5.41, 5.74) is 2.75. The molecule has 0 saturated carbocycles. The number of benzene rings is 1. The van der Waals surface area contributed by atoms with E-state index < -0.39 is 0 Å². The van der Waals surface area contributed by atoms with Gasteiger partial charge in [-0.25, -0.2) is 0 Å². The highest BCUT2D eigenvalue weighted by atomic mass is 16.5. The van der Waals surface area contributed by atoms with Crippen LogP contribution in [0.2, 0.25) is 0 Å². The van der Waals surface area contributed by atoms with Crippen LogP contribution in [0.1, 0.15) is 53.7 Å². The van der Waals surface area contributed by atoms with Crippen LogP contribution < -0.4 is 4.74 Å². The number of carbonyl (C=O) groups is 1. The van der Waals surface area contributed by atoms with E-state index in [1.807, 2.05) is 19.1 Å². The first-order valence-corrected chi connectivity index (χ1v) is 9.47. The zero-order chi connectivity index (χ0) is 19.4. The molecule has 1 N–H and O–H groups in total. The van der Waals surface area contributed by atoms with Gasteiger partial charge in [-0.1, -0.05) is 19.9 Å². The number of hydrogen-bond donors (Lipinski definition) is 1. The van der Waals surface area contributed by atoms with Crippen molar-refractivity contribution in [2.24, 2.45) is 0 Å². The average Bonchev–Trinajstić information content (AvgIpc) is 2.96. The molecule has 1 aromatic heterocycles. The number of allylic oxidation sites excluding steroid dienone is 1. The number of hydrogen-bond acceptors (Lipinski definition) is 5. The minimum Gasteiger partial charge on any atom is -0.507 e. The van der Waals surface area contributed by atoms with E-state index in [2.05, 4.69) is 23.7 Å². The van der Waals surface area contributed by atoms with Gasteiger partial charge in [0.25, 0.3) is 0 Å². The van der Waals surface area contributed by atoms with Gasteiger partial charge < -0.3 is 9.84 Å². The number of Topliss-reactive ketones (excluding diaryl/α,β-unsaturated/α-hetero) is 1. The molecule has 0 amide bonds. The van der Waals surface area contributed by atoms with Crippen LogP contribution in [0.15, 0.2) is 36.4 Å². The number of pyridine rings is 1. The van der Waals surface area contributed by atoms with E-state index in [0.29, 0.717) is 23.4 Å². The molecule has 5 nitrogen and oxygen atoms in total. The SMILES string of the molecule is CCCN(CCC)Cc1c(O)cc(C)c2c1O/C(=C/c1cccnc1)C2=O. The van der Waals surface area contributed by atoms with Crippen molar-refractivity contribution in [3.8, 4) is 11.5 Å². The molecule has 0 radical (unpaired) electrons. The number of nitrogens with zero attached hydrogens (tertiary/aromatic N) is 2. The summed E-state index contributed by atoms with van der Waals surface area (Å²) in [5, 5.41) is 10.6. The molecule has 0 spiro atoms. The van der Waals surface area contributed by atoms with Crippen molar-refractivity contribution in [3.05, 3.63) is 58.6 Å². The summed E-state index contributed by atoms with van der Waals surface area (Å²) in [5.74, 6) is 0.791. The number of aromatic nitrogens is 1. The van der Waals surface area contributed by atoms with Gasteiger partial charge in [-0.05, 0) is 62.2 Å². The van der Waals surface area contributed by atoms with Crippen LogP contribution in [-0.4, -0.2) is 33.9 Å². The van der Waals surface area contributed by atoms with Crippen molar-refractivity contribution in [3.63, 3.8) is 0 Å². The Morgan fingerprint density at radius 1 is 1.26 bits per heavy atom. The molecule has 1 aromatic carbocycles. The number of ketones is 1. The number of phenolic OH excluding ortho intramolecular Hbond substituents is 1. The fourth-order valence-electron chi connectivity index (χ4n) is 3.47. The lowest BCUT2D eigenvalue weighted by Crippen LogP contribution is -2.25. The highest BCUT2D eigenvalue weighted by molar-refractivity contribution is 6.15. The topological polar surface area (TPSA) is 62.7 Å². The second-order valence-electron chi connectivity index (χ2n) is 6.90. The first-order valence-electron chi connectivity index (χ1n) is 9.47. The van der Waals surface area contributed by atoms with E-state index in [9.17, 15) is 9.90 Å². The molecule has 5 heteroatoms. The fourth-order valence-corrected chi connectivity index (χ4v) is 3.47. The van der Waals surface area contributed by atoms with Crippen molar-refractivity contribution in [1.29, 1.82) is 0 Å². The Bertz CT molecular complexity index is 854. The highest BCUT2D eigenvalue weighted by Gasteiger charge is 2.33. The van der Waals surface area contributed by atoms with Crippen molar-refractivity contribution in [1.82, 2.24) is 9.88 Å². The molecule has 1 aliphatic heterocycles. The molecule has 2 heterocycles. The first kappa shape index (κ1) is 19.1. The molecule has 0 fully saturated rings. The lowest BCUT2D eigenvalue weighted by atomic mass is 9.99.